The molecule has 0 radical (unpaired) electrons. The Balaban J connectivity index is 1.64. The Morgan fingerprint density at radius 3 is 2.52 bits per heavy atom. The summed E-state index contributed by atoms with van der Waals surface area (Å²) in [6.07, 6.45) is 0. The van der Waals surface area contributed by atoms with Gasteiger partial charge in [-0.15, -0.1) is 11.3 Å². The average molecular weight is 306 g/mol. The zero-order valence-corrected chi connectivity index (χ0v) is 12.9. The van der Waals surface area contributed by atoms with E-state index >= 15 is 0 Å². The van der Waals surface area contributed by atoms with E-state index in [4.69, 9.17) is 0 Å². The highest BCUT2D eigenvalue weighted by Crippen LogP contribution is 2.25. The van der Waals surface area contributed by atoms with E-state index < -0.39 is 0 Å². The second-order valence-corrected chi connectivity index (χ2v) is 6.31. The first-order chi connectivity index (χ1) is 10.1. The highest BCUT2D eigenvalue weighted by atomic mass is 32.1. The fourth-order valence-electron chi connectivity index (χ4n) is 2.58. The SMILES string of the molecule is CC1NNC(C)C1CNc1nc(-c2ccc(F)cc2)cs1. The van der Waals surface area contributed by atoms with Crippen LogP contribution in [0.15, 0.2) is 29.6 Å². The zero-order valence-electron chi connectivity index (χ0n) is 12.1. The molecule has 6 heteroatoms. The molecule has 0 bridgehead atoms. The Bertz CT molecular complexity index is 588. The second kappa shape index (κ2) is 6.09. The number of anilines is 1. The Hall–Kier alpha value is -1.50. The molecule has 0 saturated carbocycles. The minimum Gasteiger partial charge on any atom is -0.361 e. The number of benzene rings is 1. The molecule has 3 N–H and O–H groups in total. The predicted molar refractivity (Wildman–Crippen MR) is 84.7 cm³/mol. The van der Waals surface area contributed by atoms with Gasteiger partial charge in [-0.2, -0.15) is 0 Å². The van der Waals surface area contributed by atoms with Gasteiger partial charge in [-0.1, -0.05) is 0 Å². The van der Waals surface area contributed by atoms with Crippen molar-refractivity contribution in [2.45, 2.75) is 25.9 Å². The number of nitrogens with zero attached hydrogens (tertiary/aromatic N) is 1. The Morgan fingerprint density at radius 2 is 1.86 bits per heavy atom. The summed E-state index contributed by atoms with van der Waals surface area (Å²) in [6, 6.07) is 7.29. The van der Waals surface area contributed by atoms with E-state index in [2.05, 4.69) is 35.0 Å². The smallest absolute Gasteiger partial charge is 0.183 e. The van der Waals surface area contributed by atoms with Gasteiger partial charge in [-0.05, 0) is 38.1 Å². The van der Waals surface area contributed by atoms with E-state index in [-0.39, 0.29) is 5.82 Å². The molecule has 1 fully saturated rings. The van der Waals surface area contributed by atoms with Gasteiger partial charge in [0.15, 0.2) is 5.13 Å². The number of aromatic nitrogens is 1. The van der Waals surface area contributed by atoms with Crippen LogP contribution in [0.5, 0.6) is 0 Å². The third-order valence-electron chi connectivity index (χ3n) is 3.96. The minimum absolute atomic E-state index is 0.225. The van der Waals surface area contributed by atoms with Gasteiger partial charge >= 0.3 is 0 Å². The summed E-state index contributed by atoms with van der Waals surface area (Å²) in [5.74, 6) is 0.291. The number of nitrogens with one attached hydrogen (secondary N) is 3. The van der Waals surface area contributed by atoms with Gasteiger partial charge in [-0.25, -0.2) is 9.37 Å². The number of hydrazine groups is 1. The summed E-state index contributed by atoms with van der Waals surface area (Å²) in [4.78, 5) is 4.57. The molecule has 2 atom stereocenters. The van der Waals surface area contributed by atoms with Gasteiger partial charge in [0.1, 0.15) is 5.82 Å². The molecule has 1 aromatic heterocycles. The maximum atomic E-state index is 12.9. The van der Waals surface area contributed by atoms with Crippen LogP contribution < -0.4 is 16.2 Å². The summed E-state index contributed by atoms with van der Waals surface area (Å²) in [5, 5.41) is 6.30. The van der Waals surface area contributed by atoms with Crippen LogP contribution in [0, 0.1) is 11.7 Å². The van der Waals surface area contributed by atoms with E-state index in [1.807, 2.05) is 5.38 Å². The van der Waals surface area contributed by atoms with Crippen LogP contribution in [0.2, 0.25) is 0 Å². The molecular formula is C15H19FN4S. The van der Waals surface area contributed by atoms with Crippen molar-refractivity contribution in [1.82, 2.24) is 15.8 Å². The van der Waals surface area contributed by atoms with Gasteiger partial charge in [0.2, 0.25) is 0 Å². The fraction of sp³-hybridized carbons (Fsp3) is 0.400. The van der Waals surface area contributed by atoms with Crippen LogP contribution in [0.4, 0.5) is 9.52 Å². The minimum atomic E-state index is -0.225. The summed E-state index contributed by atoms with van der Waals surface area (Å²) >= 11 is 1.58. The lowest BCUT2D eigenvalue weighted by Crippen LogP contribution is -2.30. The number of hydrogen-bond donors (Lipinski definition) is 3. The first-order valence-electron chi connectivity index (χ1n) is 7.10. The lowest BCUT2D eigenvalue weighted by molar-refractivity contribution is 0.466. The van der Waals surface area contributed by atoms with Crippen molar-refractivity contribution in [2.24, 2.45) is 5.92 Å². The van der Waals surface area contributed by atoms with Crippen molar-refractivity contribution in [3.8, 4) is 11.3 Å². The van der Waals surface area contributed by atoms with Crippen molar-refractivity contribution >= 4 is 16.5 Å². The monoisotopic (exact) mass is 306 g/mol. The second-order valence-electron chi connectivity index (χ2n) is 5.46. The molecule has 21 heavy (non-hydrogen) atoms. The van der Waals surface area contributed by atoms with Crippen LogP contribution in [0.25, 0.3) is 11.3 Å². The van der Waals surface area contributed by atoms with Gasteiger partial charge < -0.3 is 5.32 Å². The molecule has 112 valence electrons. The van der Waals surface area contributed by atoms with Crippen molar-refractivity contribution in [1.29, 1.82) is 0 Å². The molecular weight excluding hydrogens is 287 g/mol. The highest BCUT2D eigenvalue weighted by molar-refractivity contribution is 7.14. The molecule has 1 aliphatic heterocycles. The Labute approximate surface area is 127 Å². The van der Waals surface area contributed by atoms with Crippen LogP contribution in [0.3, 0.4) is 0 Å². The van der Waals surface area contributed by atoms with E-state index in [1.54, 1.807) is 23.5 Å². The molecule has 1 saturated heterocycles. The molecule has 2 aromatic rings. The highest BCUT2D eigenvalue weighted by Gasteiger charge is 2.29. The van der Waals surface area contributed by atoms with Crippen molar-refractivity contribution in [2.75, 3.05) is 11.9 Å². The predicted octanol–water partition coefficient (Wildman–Crippen LogP) is 2.86. The molecule has 0 amide bonds. The summed E-state index contributed by atoms with van der Waals surface area (Å²) < 4.78 is 12.9. The Kier molecular flexibility index (Phi) is 4.19. The molecule has 1 aromatic carbocycles. The van der Waals surface area contributed by atoms with E-state index in [9.17, 15) is 4.39 Å². The van der Waals surface area contributed by atoms with E-state index in [1.165, 1.54) is 12.1 Å². The maximum Gasteiger partial charge on any atom is 0.183 e. The van der Waals surface area contributed by atoms with E-state index in [0.29, 0.717) is 18.0 Å². The third-order valence-corrected chi connectivity index (χ3v) is 4.76. The van der Waals surface area contributed by atoms with Gasteiger partial charge in [0, 0.05) is 35.5 Å². The van der Waals surface area contributed by atoms with Crippen molar-refractivity contribution in [3.63, 3.8) is 0 Å². The standard InChI is InChI=1S/C15H19FN4S/c1-9-13(10(2)20-19-9)7-17-15-18-14(8-21-15)11-3-5-12(16)6-4-11/h3-6,8-10,13,19-20H,7H2,1-2H3,(H,17,18). The number of rotatable bonds is 4. The first kappa shape index (κ1) is 14.4. The lowest BCUT2D eigenvalue weighted by Gasteiger charge is -2.17. The zero-order chi connectivity index (χ0) is 14.8. The van der Waals surface area contributed by atoms with Gasteiger partial charge in [0.05, 0.1) is 5.69 Å². The third kappa shape index (κ3) is 3.23. The number of hydrogen-bond acceptors (Lipinski definition) is 5. The first-order valence-corrected chi connectivity index (χ1v) is 7.98. The van der Waals surface area contributed by atoms with Crippen LogP contribution in [0.1, 0.15) is 13.8 Å². The molecule has 1 aliphatic rings. The van der Waals surface area contributed by atoms with Crippen LogP contribution in [-0.4, -0.2) is 23.6 Å². The summed E-state index contributed by atoms with van der Waals surface area (Å²) in [7, 11) is 0. The van der Waals surface area contributed by atoms with Crippen LogP contribution >= 0.6 is 11.3 Å². The largest absolute Gasteiger partial charge is 0.361 e. The van der Waals surface area contributed by atoms with E-state index in [0.717, 1.165) is 22.9 Å². The maximum absolute atomic E-state index is 12.9. The molecule has 2 unspecified atom stereocenters. The average Bonchev–Trinajstić information content (AvgIpc) is 3.06. The molecule has 4 nitrogen and oxygen atoms in total. The van der Waals surface area contributed by atoms with Crippen molar-refractivity contribution in [3.05, 3.63) is 35.5 Å². The topological polar surface area (TPSA) is 49.0 Å². The molecule has 2 heterocycles. The fourth-order valence-corrected chi connectivity index (χ4v) is 3.31. The van der Waals surface area contributed by atoms with Crippen LogP contribution in [-0.2, 0) is 0 Å². The summed E-state index contributed by atoms with van der Waals surface area (Å²) in [6.45, 7) is 5.22. The molecule has 3 rings (SSSR count). The summed E-state index contributed by atoms with van der Waals surface area (Å²) in [5.41, 5.74) is 8.32. The van der Waals surface area contributed by atoms with Gasteiger partial charge in [-0.3, -0.25) is 10.9 Å². The molecule has 0 aliphatic carbocycles. The lowest BCUT2D eigenvalue weighted by atomic mass is 9.97. The van der Waals surface area contributed by atoms with Gasteiger partial charge in [0.25, 0.3) is 0 Å². The van der Waals surface area contributed by atoms with Crippen molar-refractivity contribution < 1.29 is 4.39 Å². The number of halogens is 1. The molecule has 0 spiro atoms. The Morgan fingerprint density at radius 1 is 1.19 bits per heavy atom. The quantitative estimate of drug-likeness (QED) is 0.813. The normalized spacial score (nSPS) is 25.2. The number of thiazole rings is 1.